The van der Waals surface area contributed by atoms with Gasteiger partial charge in [0.2, 0.25) is 16.7 Å². The summed E-state index contributed by atoms with van der Waals surface area (Å²) in [7, 11) is -2.81. The third-order valence-electron chi connectivity index (χ3n) is 3.91. The molecule has 0 saturated carbocycles. The molecule has 0 saturated heterocycles. The second-order valence-electron chi connectivity index (χ2n) is 5.73. The number of benzene rings is 1. The smallest absolute Gasteiger partial charge is 0.217 e. The number of nitrogens with one attached hydrogen (secondary N) is 1. The van der Waals surface area contributed by atoms with Gasteiger partial charge in [0.15, 0.2) is 11.6 Å². The number of hydrogen-bond acceptors (Lipinski definition) is 6. The minimum atomic E-state index is -2.81. The largest absolute Gasteiger partial charge is 0.287 e. The molecule has 2 aromatic heterocycles. The zero-order chi connectivity index (χ0) is 20.3. The van der Waals surface area contributed by atoms with Crippen LogP contribution in [0.3, 0.4) is 0 Å². The molecule has 146 valence electrons. The van der Waals surface area contributed by atoms with Gasteiger partial charge in [0.1, 0.15) is 17.0 Å². The van der Waals surface area contributed by atoms with Crippen molar-refractivity contribution in [3.8, 4) is 0 Å². The van der Waals surface area contributed by atoms with Gasteiger partial charge >= 0.3 is 0 Å². The number of hydrogen-bond donors (Lipinski definition) is 2. The molecule has 0 aliphatic heterocycles. The van der Waals surface area contributed by atoms with E-state index in [1.165, 1.54) is 24.7 Å². The summed E-state index contributed by atoms with van der Waals surface area (Å²) in [5, 5.41) is 0. The molecule has 28 heavy (non-hydrogen) atoms. The number of fused-ring (bicyclic) bond motifs is 1. The molecule has 0 aliphatic rings. The predicted molar refractivity (Wildman–Crippen MR) is 93.7 cm³/mol. The van der Waals surface area contributed by atoms with Crippen LogP contribution in [0, 0.1) is 17.5 Å². The zero-order valence-electron chi connectivity index (χ0n) is 14.2. The summed E-state index contributed by atoms with van der Waals surface area (Å²) in [5.41, 5.74) is -0.952. The molecular weight excluding hydrogens is 397 g/mol. The standard InChI is InChI=1S/C17H13F3N4O3S/c18-10-6-9(2-1-3-24-28(26)27)15(19)14(16(10)20)17(25)12-7-11-13(8-23-12)22-5-4-21-11/h4-8,28H,1-3H2,(H,24,26,27). The first kappa shape index (κ1) is 19.8. The van der Waals surface area contributed by atoms with Gasteiger partial charge in [-0.3, -0.25) is 19.7 Å². The van der Waals surface area contributed by atoms with Crippen LogP contribution in [0.4, 0.5) is 13.2 Å². The average Bonchev–Trinajstić information content (AvgIpc) is 2.68. The van der Waals surface area contributed by atoms with Crippen molar-refractivity contribution in [2.75, 3.05) is 6.54 Å². The second-order valence-corrected chi connectivity index (χ2v) is 6.56. The molecule has 3 rings (SSSR count). The molecule has 0 amide bonds. The summed E-state index contributed by atoms with van der Waals surface area (Å²) < 4.78 is 65.9. The molecular formula is C17H13F3N4O3S. The fraction of sp³-hybridized carbons (Fsp3) is 0.176. The Kier molecular flexibility index (Phi) is 5.95. The van der Waals surface area contributed by atoms with E-state index in [1.54, 1.807) is 0 Å². The van der Waals surface area contributed by atoms with Crippen LogP contribution in [0.25, 0.3) is 11.0 Å². The fourth-order valence-corrected chi connectivity index (χ4v) is 2.95. The molecule has 2 heterocycles. The van der Waals surface area contributed by atoms with Gasteiger partial charge in [-0.05, 0) is 30.5 Å². The van der Waals surface area contributed by atoms with E-state index in [9.17, 15) is 26.4 Å². The Morgan fingerprint density at radius 3 is 2.43 bits per heavy atom. The third-order valence-corrected chi connectivity index (χ3v) is 4.39. The maximum absolute atomic E-state index is 14.7. The molecule has 0 unspecified atom stereocenters. The quantitative estimate of drug-likeness (QED) is 0.266. The molecule has 0 atom stereocenters. The van der Waals surface area contributed by atoms with Gasteiger partial charge in [0, 0.05) is 18.9 Å². The normalized spacial score (nSPS) is 11.3. The van der Waals surface area contributed by atoms with Crippen molar-refractivity contribution in [1.29, 1.82) is 0 Å². The predicted octanol–water partition coefficient (Wildman–Crippen LogP) is 1.72. The summed E-state index contributed by atoms with van der Waals surface area (Å²) in [6.45, 7) is -0.00861. The highest BCUT2D eigenvalue weighted by atomic mass is 32.2. The Labute approximate surface area is 158 Å². The van der Waals surface area contributed by atoms with E-state index in [4.69, 9.17) is 0 Å². The van der Waals surface area contributed by atoms with Gasteiger partial charge in [-0.15, -0.1) is 0 Å². The number of carbonyl (C=O) groups is 1. The average molecular weight is 410 g/mol. The van der Waals surface area contributed by atoms with Crippen LogP contribution in [0.15, 0.2) is 30.7 Å². The van der Waals surface area contributed by atoms with Crippen molar-refractivity contribution >= 4 is 27.7 Å². The van der Waals surface area contributed by atoms with Crippen LogP contribution < -0.4 is 4.72 Å². The van der Waals surface area contributed by atoms with Gasteiger partial charge in [0.25, 0.3) is 0 Å². The molecule has 3 aromatic rings. The van der Waals surface area contributed by atoms with Gasteiger partial charge in [0.05, 0.1) is 17.3 Å². The molecule has 1 N–H and O–H groups in total. The van der Waals surface area contributed by atoms with Crippen molar-refractivity contribution in [1.82, 2.24) is 19.7 Å². The number of pyridine rings is 1. The topological polar surface area (TPSA) is 102 Å². The molecule has 0 spiro atoms. The van der Waals surface area contributed by atoms with Crippen LogP contribution in [-0.2, 0) is 17.3 Å². The highest BCUT2D eigenvalue weighted by Crippen LogP contribution is 2.24. The second kappa shape index (κ2) is 8.40. The van der Waals surface area contributed by atoms with Gasteiger partial charge in [-0.1, -0.05) is 0 Å². The van der Waals surface area contributed by atoms with Crippen LogP contribution in [0.2, 0.25) is 0 Å². The first-order valence-electron chi connectivity index (χ1n) is 8.04. The minimum Gasteiger partial charge on any atom is -0.287 e. The monoisotopic (exact) mass is 410 g/mol. The fourth-order valence-electron chi connectivity index (χ4n) is 2.61. The van der Waals surface area contributed by atoms with Gasteiger partial charge < -0.3 is 0 Å². The molecule has 11 heteroatoms. The first-order valence-corrected chi connectivity index (χ1v) is 9.22. The summed E-state index contributed by atoms with van der Waals surface area (Å²) >= 11 is 0. The minimum absolute atomic E-state index is 0.00861. The van der Waals surface area contributed by atoms with Crippen LogP contribution in [-0.4, -0.2) is 35.7 Å². The van der Waals surface area contributed by atoms with E-state index in [0.29, 0.717) is 11.6 Å². The third kappa shape index (κ3) is 4.15. The lowest BCUT2D eigenvalue weighted by atomic mass is 9.99. The highest BCUT2D eigenvalue weighted by Gasteiger charge is 2.26. The lowest BCUT2D eigenvalue weighted by Gasteiger charge is -2.10. The number of nitrogens with zero attached hydrogens (tertiary/aromatic N) is 3. The van der Waals surface area contributed by atoms with Crippen LogP contribution >= 0.6 is 0 Å². The van der Waals surface area contributed by atoms with E-state index < -0.39 is 39.7 Å². The van der Waals surface area contributed by atoms with E-state index in [1.807, 2.05) is 0 Å². The molecule has 0 aliphatic carbocycles. The Morgan fingerprint density at radius 1 is 1.00 bits per heavy atom. The van der Waals surface area contributed by atoms with Crippen molar-refractivity contribution in [2.24, 2.45) is 0 Å². The molecule has 0 bridgehead atoms. The Hall–Kier alpha value is -2.92. The van der Waals surface area contributed by atoms with Crippen molar-refractivity contribution < 1.29 is 26.4 Å². The summed E-state index contributed by atoms with van der Waals surface area (Å²) in [6.07, 6.45) is 4.05. The number of halogens is 3. The van der Waals surface area contributed by atoms with E-state index >= 15 is 0 Å². The van der Waals surface area contributed by atoms with Crippen molar-refractivity contribution in [3.63, 3.8) is 0 Å². The lowest BCUT2D eigenvalue weighted by molar-refractivity contribution is 0.102. The SMILES string of the molecule is O=C(c1cc2nccnc2cn1)c1c(F)c(F)cc(CCCN[SH](=O)=O)c1F. The highest BCUT2D eigenvalue weighted by molar-refractivity contribution is 7.70. The lowest BCUT2D eigenvalue weighted by Crippen LogP contribution is -2.16. The maximum atomic E-state index is 14.7. The number of aryl methyl sites for hydroxylation is 1. The van der Waals surface area contributed by atoms with Crippen LogP contribution in [0.1, 0.15) is 28.0 Å². The summed E-state index contributed by atoms with van der Waals surface area (Å²) in [4.78, 5) is 24.4. The maximum Gasteiger partial charge on any atom is 0.217 e. The van der Waals surface area contributed by atoms with Crippen molar-refractivity contribution in [2.45, 2.75) is 12.8 Å². The van der Waals surface area contributed by atoms with Crippen LogP contribution in [0.5, 0.6) is 0 Å². The number of ketones is 1. The van der Waals surface area contributed by atoms with Gasteiger partial charge in [-0.2, -0.15) is 0 Å². The molecule has 7 nitrogen and oxygen atoms in total. The molecule has 0 radical (unpaired) electrons. The van der Waals surface area contributed by atoms with Gasteiger partial charge in [-0.25, -0.2) is 26.3 Å². The Bertz CT molecular complexity index is 1130. The van der Waals surface area contributed by atoms with Crippen molar-refractivity contribution in [3.05, 3.63) is 65.0 Å². The summed E-state index contributed by atoms with van der Waals surface area (Å²) in [6, 6.07) is 1.86. The first-order chi connectivity index (χ1) is 13.4. The molecule has 0 fully saturated rings. The summed E-state index contributed by atoms with van der Waals surface area (Å²) in [5.74, 6) is -5.35. The Balaban J connectivity index is 1.95. The number of rotatable bonds is 7. The van der Waals surface area contributed by atoms with E-state index in [-0.39, 0.29) is 36.2 Å². The molecule has 1 aromatic carbocycles. The number of thiol groups is 1. The zero-order valence-corrected chi connectivity index (χ0v) is 15.0. The van der Waals surface area contributed by atoms with E-state index in [0.717, 1.165) is 0 Å². The van der Waals surface area contributed by atoms with E-state index in [2.05, 4.69) is 19.7 Å². The number of aromatic nitrogens is 3. The Morgan fingerprint density at radius 2 is 1.71 bits per heavy atom. The number of carbonyl (C=O) groups excluding carboxylic acids is 1.